The monoisotopic (exact) mass is 741 g/mol. The van der Waals surface area contributed by atoms with E-state index in [2.05, 4.69) is 138 Å². The van der Waals surface area contributed by atoms with Crippen molar-refractivity contribution in [3.8, 4) is 22.3 Å². The number of rotatable bonds is 11. The third-order valence-electron chi connectivity index (χ3n) is 10.9. The maximum atomic E-state index is 8.61. The molecule has 0 spiro atoms. The van der Waals surface area contributed by atoms with Gasteiger partial charge in [-0.3, -0.25) is 0 Å². The standard InChI is InChI=1S/2C20H21.C2H7Si.2ClH.Zr/c2*1-3-6-16-9-11-17(12-10-16)19-8-5-7-18-13-15(4-2)14-20(18)19;1-3-2;;;/h2*5,7-14H,3-4,6H2,1-2H3;3H,1-2H3;2*1H;/q;;;;;+2/p-2. The molecule has 2 unspecified atom stereocenters. The minimum absolute atomic E-state index is 0.124. The van der Waals surface area contributed by atoms with Gasteiger partial charge in [-0.2, -0.15) is 0 Å². The summed E-state index contributed by atoms with van der Waals surface area (Å²) in [6.45, 7) is 14.0. The number of aryl methyl sites for hydroxylation is 2. The molecule has 0 radical (unpaired) electrons. The summed E-state index contributed by atoms with van der Waals surface area (Å²) in [5.74, 6) is -1.59. The first-order chi connectivity index (χ1) is 22.2. The molecule has 2 aliphatic rings. The summed E-state index contributed by atoms with van der Waals surface area (Å²) >= 11 is -4.76. The Morgan fingerprint density at radius 3 is 1.28 bits per heavy atom. The van der Waals surface area contributed by atoms with Crippen LogP contribution in [0.2, 0.25) is 13.1 Å². The molecule has 0 N–H and O–H groups in total. The average molecular weight is 744 g/mol. The van der Waals surface area contributed by atoms with Crippen molar-refractivity contribution in [2.75, 3.05) is 0 Å². The van der Waals surface area contributed by atoms with Crippen molar-refractivity contribution >= 4 is 35.1 Å². The average Bonchev–Trinajstić information content (AvgIpc) is 3.66. The Kier molecular flexibility index (Phi) is 9.96. The van der Waals surface area contributed by atoms with Crippen LogP contribution in [0.4, 0.5) is 0 Å². The molecule has 2 aliphatic carbocycles. The van der Waals surface area contributed by atoms with Crippen LogP contribution in [-0.2, 0) is 28.4 Å². The van der Waals surface area contributed by atoms with Gasteiger partial charge in [-0.05, 0) is 0 Å². The Morgan fingerprint density at radius 2 is 0.957 bits per heavy atom. The Balaban J connectivity index is 1.51. The van der Waals surface area contributed by atoms with E-state index >= 15 is 0 Å². The summed E-state index contributed by atoms with van der Waals surface area (Å²) in [5.41, 5.74) is 16.3. The summed E-state index contributed by atoms with van der Waals surface area (Å²) < 4.78 is 0.247. The summed E-state index contributed by atoms with van der Waals surface area (Å²) in [6.07, 6.45) is 11.4. The van der Waals surface area contributed by atoms with Gasteiger partial charge in [-0.1, -0.05) is 0 Å². The van der Waals surface area contributed by atoms with E-state index in [1.165, 1.54) is 66.8 Å². The van der Waals surface area contributed by atoms with Crippen LogP contribution in [-0.4, -0.2) is 5.92 Å². The van der Waals surface area contributed by atoms with E-state index < -0.39 is 21.5 Å². The molecule has 0 nitrogen and oxygen atoms in total. The Hall–Kier alpha value is -1.96. The van der Waals surface area contributed by atoms with Gasteiger partial charge in [0.05, 0.1) is 0 Å². The predicted octanol–water partition coefficient (Wildman–Crippen LogP) is 13.3. The molecule has 0 heterocycles. The fraction of sp³-hybridized carbons (Fsp3) is 0.333. The van der Waals surface area contributed by atoms with Crippen LogP contribution in [0.3, 0.4) is 0 Å². The molecule has 0 aliphatic heterocycles. The maximum absolute atomic E-state index is 8.61. The van der Waals surface area contributed by atoms with Crippen molar-refractivity contribution in [1.82, 2.24) is 0 Å². The summed E-state index contributed by atoms with van der Waals surface area (Å²) in [7, 11) is 17.2. The zero-order chi connectivity index (χ0) is 32.7. The van der Waals surface area contributed by atoms with Crippen LogP contribution < -0.4 is 0 Å². The van der Waals surface area contributed by atoms with E-state index in [0.717, 1.165) is 38.5 Å². The number of hydrogen-bond acceptors (Lipinski definition) is 0. The van der Waals surface area contributed by atoms with Crippen molar-refractivity contribution in [2.24, 2.45) is 0 Å². The normalized spacial score (nSPS) is 18.2. The summed E-state index contributed by atoms with van der Waals surface area (Å²) in [6, 6.07) is 32.2. The Labute approximate surface area is 286 Å². The molecule has 2 atom stereocenters. The molecule has 46 heavy (non-hydrogen) atoms. The molecule has 0 amide bonds. The Bertz CT molecular complexity index is 1670. The van der Waals surface area contributed by atoms with Crippen LogP contribution in [0, 0.1) is 0 Å². The van der Waals surface area contributed by atoms with Crippen molar-refractivity contribution in [1.29, 1.82) is 0 Å². The molecule has 0 bridgehead atoms. The van der Waals surface area contributed by atoms with E-state index in [1.807, 2.05) is 0 Å². The number of allylic oxidation sites excluding steroid dienone is 2. The minimum atomic E-state index is -4.76. The van der Waals surface area contributed by atoms with E-state index in [-0.39, 0.29) is 7.25 Å². The number of hydrogen-bond donors (Lipinski definition) is 0. The topological polar surface area (TPSA) is 0 Å². The number of fused-ring (bicyclic) bond motifs is 2. The van der Waals surface area contributed by atoms with Crippen molar-refractivity contribution < 1.29 is 15.6 Å². The predicted molar refractivity (Wildman–Crippen MR) is 204 cm³/mol. The molecule has 0 fully saturated rings. The molecular weight excluding hydrogens is 695 g/mol. The van der Waals surface area contributed by atoms with Gasteiger partial charge in [-0.15, -0.1) is 0 Å². The number of benzene rings is 4. The summed E-state index contributed by atoms with van der Waals surface area (Å²) in [4.78, 5) is 0. The first kappa shape index (κ1) is 33.9. The van der Waals surface area contributed by atoms with E-state index in [1.54, 1.807) is 0 Å². The second-order valence-electron chi connectivity index (χ2n) is 13.9. The molecule has 6 rings (SSSR count). The van der Waals surface area contributed by atoms with E-state index in [9.17, 15) is 0 Å². The van der Waals surface area contributed by atoms with Crippen molar-refractivity contribution in [2.45, 2.75) is 86.6 Å². The van der Waals surface area contributed by atoms with E-state index in [0.29, 0.717) is 0 Å². The van der Waals surface area contributed by atoms with Gasteiger partial charge in [0, 0.05) is 0 Å². The summed E-state index contributed by atoms with van der Waals surface area (Å²) in [5, 5.41) is 0. The molecule has 239 valence electrons. The molecule has 0 saturated carbocycles. The van der Waals surface area contributed by atoms with Gasteiger partial charge in [0.15, 0.2) is 0 Å². The van der Waals surface area contributed by atoms with Crippen molar-refractivity contribution in [3.63, 3.8) is 0 Å². The van der Waals surface area contributed by atoms with Gasteiger partial charge in [0.1, 0.15) is 0 Å². The Morgan fingerprint density at radius 1 is 0.565 bits per heavy atom. The van der Waals surface area contributed by atoms with Gasteiger partial charge >= 0.3 is 289 Å². The fourth-order valence-corrected chi connectivity index (χ4v) is 40.3. The van der Waals surface area contributed by atoms with Crippen LogP contribution >= 0.6 is 17.0 Å². The zero-order valence-corrected chi connectivity index (χ0v) is 33.6. The van der Waals surface area contributed by atoms with Gasteiger partial charge in [-0.25, -0.2) is 0 Å². The second kappa shape index (κ2) is 13.5. The first-order valence-corrected chi connectivity index (χ1v) is 33.9. The van der Waals surface area contributed by atoms with Crippen LogP contribution in [0.25, 0.3) is 34.4 Å². The molecule has 4 aromatic rings. The second-order valence-corrected chi connectivity index (χ2v) is 56.4. The van der Waals surface area contributed by atoms with Crippen molar-refractivity contribution in [3.05, 3.63) is 129 Å². The fourth-order valence-electron chi connectivity index (χ4n) is 8.46. The zero-order valence-electron chi connectivity index (χ0n) is 28.5. The van der Waals surface area contributed by atoms with Crippen LogP contribution in [0.5, 0.6) is 0 Å². The quantitative estimate of drug-likeness (QED) is 0.134. The SMILES string of the molecule is CCCc1ccc(-c2cccc3c2C=C(CC)[CH]3[Zr]([Cl])([Cl])([CH]2C(CC)=Cc3c(-c4ccc(CCC)cc4)cccc32)[SiH](C)C)cc1. The number of halogens is 2. The molecule has 0 saturated heterocycles. The van der Waals surface area contributed by atoms with Crippen LogP contribution in [0.1, 0.15) is 94.0 Å². The molecule has 4 heteroatoms. The van der Waals surface area contributed by atoms with Gasteiger partial charge in [0.2, 0.25) is 0 Å². The van der Waals surface area contributed by atoms with Crippen LogP contribution in [0.15, 0.2) is 96.1 Å². The third kappa shape index (κ3) is 5.64. The van der Waals surface area contributed by atoms with Gasteiger partial charge in [0.25, 0.3) is 0 Å². The van der Waals surface area contributed by atoms with E-state index in [4.69, 9.17) is 17.0 Å². The van der Waals surface area contributed by atoms with Gasteiger partial charge < -0.3 is 0 Å². The third-order valence-corrected chi connectivity index (χ3v) is 62.8. The molecule has 0 aromatic heterocycles. The molecular formula is C42H49Cl2SiZr. The first-order valence-electron chi connectivity index (χ1n) is 17.6. The molecule has 4 aromatic carbocycles.